The maximum absolute atomic E-state index is 5.81. The highest BCUT2D eigenvalue weighted by molar-refractivity contribution is 6.70. The lowest BCUT2D eigenvalue weighted by Gasteiger charge is -2.18. The Morgan fingerprint density at radius 2 is 1.81 bits per heavy atom. The van der Waals surface area contributed by atoms with Crippen LogP contribution in [0.4, 0.5) is 0 Å². The third-order valence-corrected chi connectivity index (χ3v) is 2.62. The molecule has 1 rings (SSSR count). The van der Waals surface area contributed by atoms with Crippen molar-refractivity contribution >= 4 is 14.5 Å². The van der Waals surface area contributed by atoms with Gasteiger partial charge in [0.1, 0.15) is 0 Å². The average molecular weight is 233 g/mol. The molecule has 0 bridgehead atoms. The van der Waals surface area contributed by atoms with E-state index in [-0.39, 0.29) is 0 Å². The molecule has 0 aromatic heterocycles. The minimum absolute atomic E-state index is 0.711. The first-order chi connectivity index (χ1) is 7.51. The van der Waals surface area contributed by atoms with Crippen molar-refractivity contribution in [3.63, 3.8) is 0 Å². The Bertz CT molecular complexity index is 377. The Balaban J connectivity index is 2.69. The molecule has 0 fully saturated rings. The van der Waals surface area contributed by atoms with Crippen LogP contribution in [0.1, 0.15) is 12.5 Å². The number of hydrogen-bond acceptors (Lipinski definition) is 2. The van der Waals surface area contributed by atoms with Gasteiger partial charge in [-0.3, -0.25) is 0 Å². The summed E-state index contributed by atoms with van der Waals surface area (Å²) in [6.07, 6.45) is 3.73. The van der Waals surface area contributed by atoms with E-state index in [1.165, 1.54) is 0 Å². The summed E-state index contributed by atoms with van der Waals surface area (Å²) in [5.74, 6) is 0.711. The third kappa shape index (κ3) is 4.93. The van der Waals surface area contributed by atoms with E-state index >= 15 is 0 Å². The molecule has 0 unspecified atom stereocenters. The van der Waals surface area contributed by atoms with Crippen molar-refractivity contribution in [2.75, 3.05) is 0 Å². The van der Waals surface area contributed by atoms with E-state index < -0.39 is 8.32 Å². The minimum Gasteiger partial charge on any atom is -0.532 e. The molecule has 0 amide bonds. The largest absolute Gasteiger partial charge is 0.532 e. The van der Waals surface area contributed by atoms with Crippen molar-refractivity contribution in [3.05, 3.63) is 47.9 Å². The zero-order valence-corrected chi connectivity index (χ0v) is 11.4. The fourth-order valence-corrected chi connectivity index (χ4v) is 1.95. The number of allylic oxidation sites excluding steroid dienone is 1. The maximum Gasteiger partial charge on any atom is 0.244 e. The second-order valence-electron chi connectivity index (χ2n) is 4.51. The zero-order valence-electron chi connectivity index (χ0n) is 10.4. The van der Waals surface area contributed by atoms with Crippen LogP contribution in [-0.4, -0.2) is 14.5 Å². The van der Waals surface area contributed by atoms with E-state index in [4.69, 9.17) is 4.43 Å². The Labute approximate surface area is 98.8 Å². The molecule has 0 aliphatic carbocycles. The van der Waals surface area contributed by atoms with Gasteiger partial charge >= 0.3 is 0 Å². The summed E-state index contributed by atoms with van der Waals surface area (Å²) in [5, 5.41) is 0. The standard InChI is InChI=1S/C13H19NOSi/c1-5-13(15-16(2,3)4)14-11-12-9-7-6-8-10-12/h5-11H,1-4H3. The van der Waals surface area contributed by atoms with Gasteiger partial charge < -0.3 is 4.43 Å². The van der Waals surface area contributed by atoms with E-state index in [0.717, 1.165) is 5.56 Å². The molecule has 1 aromatic carbocycles. The molecule has 16 heavy (non-hydrogen) atoms. The first-order valence-corrected chi connectivity index (χ1v) is 8.86. The van der Waals surface area contributed by atoms with Crippen molar-refractivity contribution in [2.45, 2.75) is 26.6 Å². The number of hydrogen-bond donors (Lipinski definition) is 0. The van der Waals surface area contributed by atoms with Gasteiger partial charge in [-0.15, -0.1) is 0 Å². The molecular formula is C13H19NOSi. The number of aliphatic imine (C=N–C) groups is 1. The van der Waals surface area contributed by atoms with Crippen molar-refractivity contribution < 1.29 is 4.43 Å². The van der Waals surface area contributed by atoms with E-state index in [2.05, 4.69) is 24.6 Å². The molecule has 1 aromatic rings. The minimum atomic E-state index is -1.56. The summed E-state index contributed by atoms with van der Waals surface area (Å²) in [4.78, 5) is 4.35. The molecule has 86 valence electrons. The van der Waals surface area contributed by atoms with Crippen molar-refractivity contribution in [1.29, 1.82) is 0 Å². The monoisotopic (exact) mass is 233 g/mol. The molecule has 0 N–H and O–H groups in total. The van der Waals surface area contributed by atoms with E-state index in [9.17, 15) is 0 Å². The van der Waals surface area contributed by atoms with Gasteiger partial charge in [-0.2, -0.15) is 0 Å². The van der Waals surface area contributed by atoms with Crippen LogP contribution in [0.25, 0.3) is 0 Å². The first-order valence-electron chi connectivity index (χ1n) is 5.46. The fraction of sp³-hybridized carbons (Fsp3) is 0.308. The summed E-state index contributed by atoms with van der Waals surface area (Å²) in [5.41, 5.74) is 1.08. The SMILES string of the molecule is CC=C(N=Cc1ccccc1)O[Si](C)(C)C. The summed E-state index contributed by atoms with van der Waals surface area (Å²) in [6.45, 7) is 8.38. The first kappa shape index (κ1) is 12.7. The molecule has 0 saturated carbocycles. The normalized spacial score (nSPS) is 13.1. The molecule has 3 heteroatoms. The lowest BCUT2D eigenvalue weighted by Crippen LogP contribution is -2.24. The molecule has 0 aliphatic heterocycles. The van der Waals surface area contributed by atoms with Crippen LogP contribution in [0.3, 0.4) is 0 Å². The van der Waals surface area contributed by atoms with Crippen LogP contribution >= 0.6 is 0 Å². The highest BCUT2D eigenvalue weighted by Gasteiger charge is 2.16. The van der Waals surface area contributed by atoms with Gasteiger partial charge in [0.2, 0.25) is 8.32 Å². The van der Waals surface area contributed by atoms with E-state index in [1.807, 2.05) is 49.5 Å². The topological polar surface area (TPSA) is 21.6 Å². The lowest BCUT2D eigenvalue weighted by molar-refractivity contribution is 0.417. The molecule has 0 spiro atoms. The van der Waals surface area contributed by atoms with Crippen LogP contribution in [-0.2, 0) is 4.43 Å². The lowest BCUT2D eigenvalue weighted by atomic mass is 10.2. The van der Waals surface area contributed by atoms with Gasteiger partial charge in [0.25, 0.3) is 0 Å². The summed E-state index contributed by atoms with van der Waals surface area (Å²) in [6, 6.07) is 10.0. The van der Waals surface area contributed by atoms with Gasteiger partial charge in [-0.05, 0) is 38.2 Å². The molecule has 0 aliphatic rings. The second kappa shape index (κ2) is 5.65. The van der Waals surface area contributed by atoms with Crippen molar-refractivity contribution in [1.82, 2.24) is 0 Å². The van der Waals surface area contributed by atoms with Gasteiger partial charge in [0, 0.05) is 6.21 Å². The second-order valence-corrected chi connectivity index (χ2v) is 8.94. The van der Waals surface area contributed by atoms with Crippen LogP contribution in [0, 0.1) is 0 Å². The Morgan fingerprint density at radius 1 is 1.19 bits per heavy atom. The number of nitrogens with zero attached hydrogens (tertiary/aromatic N) is 1. The van der Waals surface area contributed by atoms with Gasteiger partial charge in [-0.1, -0.05) is 30.3 Å². The average Bonchev–Trinajstić information content (AvgIpc) is 2.24. The van der Waals surface area contributed by atoms with Crippen LogP contribution < -0.4 is 0 Å². The molecule has 0 radical (unpaired) electrons. The van der Waals surface area contributed by atoms with Gasteiger partial charge in [0.15, 0.2) is 5.88 Å². The van der Waals surface area contributed by atoms with Crippen molar-refractivity contribution in [3.8, 4) is 0 Å². The molecular weight excluding hydrogens is 214 g/mol. The zero-order chi connectivity index (χ0) is 12.0. The fourth-order valence-electron chi connectivity index (χ4n) is 1.15. The third-order valence-electron chi connectivity index (χ3n) is 1.80. The van der Waals surface area contributed by atoms with E-state index in [0.29, 0.717) is 5.88 Å². The molecule has 2 nitrogen and oxygen atoms in total. The van der Waals surface area contributed by atoms with Gasteiger partial charge in [-0.25, -0.2) is 4.99 Å². The van der Waals surface area contributed by atoms with Crippen LogP contribution in [0.5, 0.6) is 0 Å². The molecule has 0 atom stereocenters. The van der Waals surface area contributed by atoms with Crippen molar-refractivity contribution in [2.24, 2.45) is 4.99 Å². The maximum atomic E-state index is 5.81. The Hall–Kier alpha value is -1.35. The Morgan fingerprint density at radius 3 is 2.31 bits per heavy atom. The van der Waals surface area contributed by atoms with Crippen LogP contribution in [0.15, 0.2) is 47.3 Å². The van der Waals surface area contributed by atoms with E-state index in [1.54, 1.807) is 0 Å². The number of benzene rings is 1. The summed E-state index contributed by atoms with van der Waals surface area (Å²) < 4.78 is 5.81. The smallest absolute Gasteiger partial charge is 0.244 e. The quantitative estimate of drug-likeness (QED) is 0.440. The number of rotatable bonds is 4. The van der Waals surface area contributed by atoms with Gasteiger partial charge in [0.05, 0.1) is 0 Å². The highest BCUT2D eigenvalue weighted by atomic mass is 28.4. The molecule has 0 saturated heterocycles. The van der Waals surface area contributed by atoms with Crippen LogP contribution in [0.2, 0.25) is 19.6 Å². The highest BCUT2D eigenvalue weighted by Crippen LogP contribution is 2.11. The predicted octanol–water partition coefficient (Wildman–Crippen LogP) is 3.82. The molecule has 0 heterocycles. The Kier molecular flexibility index (Phi) is 4.49. The predicted molar refractivity (Wildman–Crippen MR) is 72.2 cm³/mol. The summed E-state index contributed by atoms with van der Waals surface area (Å²) >= 11 is 0. The summed E-state index contributed by atoms with van der Waals surface area (Å²) in [7, 11) is -1.56.